The van der Waals surface area contributed by atoms with Crippen molar-refractivity contribution < 1.29 is 14.6 Å². The first-order valence-corrected chi connectivity index (χ1v) is 6.05. The monoisotopic (exact) mass is 244 g/mol. The van der Waals surface area contributed by atoms with Crippen LogP contribution in [0, 0.1) is 17.8 Å². The van der Waals surface area contributed by atoms with Crippen LogP contribution in [0.1, 0.15) is 24.8 Å². The largest absolute Gasteiger partial charge is 0.492 e. The van der Waals surface area contributed by atoms with Crippen LogP contribution in [0.4, 0.5) is 0 Å². The molecule has 1 aromatic rings. The molecule has 1 atom stereocenters. The molecule has 1 heterocycles. The summed E-state index contributed by atoms with van der Waals surface area (Å²) >= 11 is 0. The molecule has 1 aliphatic rings. The van der Waals surface area contributed by atoms with Crippen molar-refractivity contribution in [2.24, 2.45) is 5.41 Å². The van der Waals surface area contributed by atoms with Gasteiger partial charge in [-0.05, 0) is 30.9 Å². The van der Waals surface area contributed by atoms with E-state index >= 15 is 0 Å². The van der Waals surface area contributed by atoms with E-state index in [1.54, 1.807) is 0 Å². The Bertz CT molecular complexity index is 487. The van der Waals surface area contributed by atoms with Gasteiger partial charge < -0.3 is 9.84 Å². The van der Waals surface area contributed by atoms with Crippen molar-refractivity contribution in [3.05, 3.63) is 29.8 Å². The van der Waals surface area contributed by atoms with Crippen molar-refractivity contribution in [3.8, 4) is 18.1 Å². The average Bonchev–Trinajstić information content (AvgIpc) is 2.38. The molecule has 0 spiro atoms. The van der Waals surface area contributed by atoms with Gasteiger partial charge in [0, 0.05) is 6.42 Å². The summed E-state index contributed by atoms with van der Waals surface area (Å²) in [4.78, 5) is 11.5. The molecule has 0 amide bonds. The number of carboxylic acids is 1. The number of para-hydroxylation sites is 1. The SMILES string of the molecule is C#CCCCC1(C(=O)O)COc2ccccc2C1. The Kier molecular flexibility index (Phi) is 3.57. The number of unbranched alkanes of at least 4 members (excludes halogenated alkanes) is 1. The quantitative estimate of drug-likeness (QED) is 0.654. The maximum atomic E-state index is 11.5. The lowest BCUT2D eigenvalue weighted by molar-refractivity contribution is -0.152. The van der Waals surface area contributed by atoms with Crippen LogP contribution in [0.25, 0.3) is 0 Å². The zero-order valence-electron chi connectivity index (χ0n) is 10.2. The Morgan fingerprint density at radius 1 is 1.50 bits per heavy atom. The van der Waals surface area contributed by atoms with E-state index in [2.05, 4.69) is 5.92 Å². The summed E-state index contributed by atoms with van der Waals surface area (Å²) in [5, 5.41) is 9.48. The predicted molar refractivity (Wildman–Crippen MR) is 68.4 cm³/mol. The van der Waals surface area contributed by atoms with Gasteiger partial charge in [-0.2, -0.15) is 0 Å². The molecule has 3 heteroatoms. The summed E-state index contributed by atoms with van der Waals surface area (Å²) in [6, 6.07) is 7.60. The lowest BCUT2D eigenvalue weighted by Crippen LogP contribution is -2.42. The van der Waals surface area contributed by atoms with E-state index in [1.165, 1.54) is 0 Å². The van der Waals surface area contributed by atoms with E-state index in [1.807, 2.05) is 24.3 Å². The highest BCUT2D eigenvalue weighted by Gasteiger charge is 2.42. The van der Waals surface area contributed by atoms with E-state index in [-0.39, 0.29) is 6.61 Å². The zero-order valence-corrected chi connectivity index (χ0v) is 10.2. The van der Waals surface area contributed by atoms with Crippen LogP contribution in [0.15, 0.2) is 24.3 Å². The zero-order chi connectivity index (χ0) is 13.0. The van der Waals surface area contributed by atoms with Crippen molar-refractivity contribution in [2.75, 3.05) is 6.61 Å². The number of hydrogen-bond acceptors (Lipinski definition) is 2. The van der Waals surface area contributed by atoms with E-state index in [0.29, 0.717) is 25.7 Å². The number of ether oxygens (including phenoxy) is 1. The van der Waals surface area contributed by atoms with Crippen LogP contribution in [-0.4, -0.2) is 17.7 Å². The lowest BCUT2D eigenvalue weighted by Gasteiger charge is -2.34. The number of aliphatic carboxylic acids is 1. The third kappa shape index (κ3) is 2.33. The molecule has 0 fully saturated rings. The van der Waals surface area contributed by atoms with Gasteiger partial charge in [0.15, 0.2) is 0 Å². The highest BCUT2D eigenvalue weighted by atomic mass is 16.5. The van der Waals surface area contributed by atoms with Gasteiger partial charge in [-0.25, -0.2) is 0 Å². The molecule has 0 saturated carbocycles. The Morgan fingerprint density at radius 2 is 2.28 bits per heavy atom. The molecule has 2 rings (SSSR count). The van der Waals surface area contributed by atoms with Crippen LogP contribution in [-0.2, 0) is 11.2 Å². The molecule has 94 valence electrons. The Morgan fingerprint density at radius 3 is 3.00 bits per heavy atom. The summed E-state index contributed by atoms with van der Waals surface area (Å²) in [5.74, 6) is 2.55. The van der Waals surface area contributed by atoms with E-state index in [9.17, 15) is 9.90 Å². The minimum Gasteiger partial charge on any atom is -0.492 e. The second-order valence-corrected chi connectivity index (χ2v) is 4.72. The normalized spacial score (nSPS) is 21.5. The van der Waals surface area contributed by atoms with Crippen molar-refractivity contribution in [3.63, 3.8) is 0 Å². The molecule has 1 N–H and O–H groups in total. The van der Waals surface area contributed by atoms with Crippen molar-refractivity contribution in [1.82, 2.24) is 0 Å². The molecule has 3 nitrogen and oxygen atoms in total. The molecular weight excluding hydrogens is 228 g/mol. The van der Waals surface area contributed by atoms with Crippen LogP contribution in [0.3, 0.4) is 0 Å². The first-order chi connectivity index (χ1) is 8.68. The van der Waals surface area contributed by atoms with Gasteiger partial charge in [0.25, 0.3) is 0 Å². The lowest BCUT2D eigenvalue weighted by atomic mass is 9.76. The fourth-order valence-corrected chi connectivity index (χ4v) is 2.36. The first kappa shape index (κ1) is 12.5. The molecule has 1 unspecified atom stereocenters. The highest BCUT2D eigenvalue weighted by Crippen LogP contribution is 2.38. The first-order valence-electron chi connectivity index (χ1n) is 6.05. The van der Waals surface area contributed by atoms with Gasteiger partial charge in [-0.1, -0.05) is 18.2 Å². The topological polar surface area (TPSA) is 46.5 Å². The molecule has 0 saturated heterocycles. The summed E-state index contributed by atoms with van der Waals surface area (Å²) in [5.41, 5.74) is 0.137. The van der Waals surface area contributed by atoms with E-state index < -0.39 is 11.4 Å². The number of benzene rings is 1. The van der Waals surface area contributed by atoms with Crippen molar-refractivity contribution in [1.29, 1.82) is 0 Å². The van der Waals surface area contributed by atoms with Gasteiger partial charge in [-0.15, -0.1) is 12.3 Å². The Balaban J connectivity index is 2.19. The molecule has 0 bridgehead atoms. The molecule has 0 aliphatic carbocycles. The predicted octanol–water partition coefficient (Wildman–Crippen LogP) is 2.50. The van der Waals surface area contributed by atoms with Crippen LogP contribution in [0.2, 0.25) is 0 Å². The summed E-state index contributed by atoms with van der Waals surface area (Å²) < 4.78 is 5.60. The number of hydrogen-bond donors (Lipinski definition) is 1. The second kappa shape index (κ2) is 5.14. The maximum Gasteiger partial charge on any atom is 0.313 e. The average molecular weight is 244 g/mol. The minimum atomic E-state index is -0.828. The molecular formula is C15H16O3. The Labute approximate surface area is 107 Å². The fourth-order valence-electron chi connectivity index (χ4n) is 2.36. The van der Waals surface area contributed by atoms with Crippen molar-refractivity contribution in [2.45, 2.75) is 25.7 Å². The number of carboxylic acid groups (broad SMARTS) is 1. The molecule has 0 radical (unpaired) electrons. The highest BCUT2D eigenvalue weighted by molar-refractivity contribution is 5.76. The standard InChI is InChI=1S/C15H16O3/c1-2-3-6-9-15(14(16)17)10-12-7-4-5-8-13(12)18-11-15/h1,4-5,7-8H,3,6,9-11H2,(H,16,17). The summed E-state index contributed by atoms with van der Waals surface area (Å²) in [6.45, 7) is 0.226. The van der Waals surface area contributed by atoms with Gasteiger partial charge >= 0.3 is 5.97 Å². The van der Waals surface area contributed by atoms with Gasteiger partial charge in [-0.3, -0.25) is 4.79 Å². The van der Waals surface area contributed by atoms with Gasteiger partial charge in [0.1, 0.15) is 17.8 Å². The molecule has 1 aliphatic heterocycles. The van der Waals surface area contributed by atoms with Gasteiger partial charge in [0.2, 0.25) is 0 Å². The number of fused-ring (bicyclic) bond motifs is 1. The second-order valence-electron chi connectivity index (χ2n) is 4.72. The third-order valence-electron chi connectivity index (χ3n) is 3.44. The van der Waals surface area contributed by atoms with E-state index in [0.717, 1.165) is 11.3 Å². The maximum absolute atomic E-state index is 11.5. The third-order valence-corrected chi connectivity index (χ3v) is 3.44. The van der Waals surface area contributed by atoms with Crippen LogP contribution >= 0.6 is 0 Å². The minimum absolute atomic E-state index is 0.226. The Hall–Kier alpha value is -1.95. The number of terminal acetylenes is 1. The molecule has 1 aromatic carbocycles. The van der Waals surface area contributed by atoms with Crippen molar-refractivity contribution >= 4 is 5.97 Å². The summed E-state index contributed by atoms with van der Waals surface area (Å²) in [7, 11) is 0. The number of rotatable bonds is 4. The number of carbonyl (C=O) groups is 1. The van der Waals surface area contributed by atoms with Gasteiger partial charge in [0.05, 0.1) is 0 Å². The summed E-state index contributed by atoms with van der Waals surface area (Å²) in [6.07, 6.45) is 7.61. The molecule has 0 aromatic heterocycles. The fraction of sp³-hybridized carbons (Fsp3) is 0.400. The van der Waals surface area contributed by atoms with E-state index in [4.69, 9.17) is 11.2 Å². The van der Waals surface area contributed by atoms with Crippen LogP contribution < -0.4 is 4.74 Å². The molecule has 18 heavy (non-hydrogen) atoms. The van der Waals surface area contributed by atoms with Crippen LogP contribution in [0.5, 0.6) is 5.75 Å². The smallest absolute Gasteiger partial charge is 0.313 e.